The van der Waals surface area contributed by atoms with Gasteiger partial charge in [-0.1, -0.05) is 12.1 Å². The monoisotopic (exact) mass is 210 g/mol. The van der Waals surface area contributed by atoms with Crippen molar-refractivity contribution in [3.05, 3.63) is 29.8 Å². The summed E-state index contributed by atoms with van der Waals surface area (Å²) in [6.45, 7) is 0.0580. The molecular weight excluding hydrogens is 196 g/mol. The van der Waals surface area contributed by atoms with Gasteiger partial charge in [-0.05, 0) is 17.7 Å². The first-order valence-electron chi connectivity index (χ1n) is 4.45. The zero-order chi connectivity index (χ0) is 11.3. The topological polar surface area (TPSA) is 87.6 Å². The molecule has 0 fully saturated rings. The van der Waals surface area contributed by atoms with Crippen molar-refractivity contribution < 1.29 is 14.3 Å². The first kappa shape index (κ1) is 11.3. The summed E-state index contributed by atoms with van der Waals surface area (Å²) >= 11 is 0. The zero-order valence-electron chi connectivity index (χ0n) is 8.47. The van der Waals surface area contributed by atoms with Crippen LogP contribution in [-0.2, 0) is 4.74 Å². The molecule has 1 aromatic carbocycles. The SMILES string of the molecule is COc1cccc(C(N)COC(N)=O)c1. The minimum absolute atomic E-state index is 0.0580. The minimum Gasteiger partial charge on any atom is -0.497 e. The number of hydrogen-bond acceptors (Lipinski definition) is 4. The van der Waals surface area contributed by atoms with E-state index in [2.05, 4.69) is 4.74 Å². The van der Waals surface area contributed by atoms with Crippen molar-refractivity contribution >= 4 is 6.09 Å². The van der Waals surface area contributed by atoms with Crippen LogP contribution < -0.4 is 16.2 Å². The smallest absolute Gasteiger partial charge is 0.404 e. The van der Waals surface area contributed by atoms with Crippen molar-refractivity contribution in [1.29, 1.82) is 0 Å². The molecule has 82 valence electrons. The van der Waals surface area contributed by atoms with E-state index < -0.39 is 12.1 Å². The molecule has 1 amide bonds. The lowest BCUT2D eigenvalue weighted by Gasteiger charge is -2.12. The van der Waals surface area contributed by atoms with Crippen LogP contribution in [0.3, 0.4) is 0 Å². The van der Waals surface area contributed by atoms with Crippen LogP contribution in [0.1, 0.15) is 11.6 Å². The van der Waals surface area contributed by atoms with Gasteiger partial charge in [0.15, 0.2) is 0 Å². The molecule has 5 heteroatoms. The van der Waals surface area contributed by atoms with Crippen LogP contribution in [0.4, 0.5) is 4.79 Å². The Balaban J connectivity index is 2.64. The highest BCUT2D eigenvalue weighted by Crippen LogP contribution is 2.17. The fraction of sp³-hybridized carbons (Fsp3) is 0.300. The highest BCUT2D eigenvalue weighted by Gasteiger charge is 2.08. The van der Waals surface area contributed by atoms with Crippen molar-refractivity contribution in [2.45, 2.75) is 6.04 Å². The zero-order valence-corrected chi connectivity index (χ0v) is 8.47. The van der Waals surface area contributed by atoms with Crippen molar-refractivity contribution in [3.8, 4) is 5.75 Å². The summed E-state index contributed by atoms with van der Waals surface area (Å²) in [5.74, 6) is 0.710. The number of benzene rings is 1. The van der Waals surface area contributed by atoms with Gasteiger partial charge in [-0.3, -0.25) is 0 Å². The van der Waals surface area contributed by atoms with Crippen molar-refractivity contribution in [2.75, 3.05) is 13.7 Å². The van der Waals surface area contributed by atoms with E-state index in [1.807, 2.05) is 18.2 Å². The summed E-state index contributed by atoms with van der Waals surface area (Å²) in [5, 5.41) is 0. The van der Waals surface area contributed by atoms with Crippen LogP contribution in [0.5, 0.6) is 5.75 Å². The molecule has 15 heavy (non-hydrogen) atoms. The fourth-order valence-electron chi connectivity index (χ4n) is 1.14. The van der Waals surface area contributed by atoms with E-state index >= 15 is 0 Å². The Hall–Kier alpha value is -1.75. The van der Waals surface area contributed by atoms with Crippen molar-refractivity contribution in [2.24, 2.45) is 11.5 Å². The van der Waals surface area contributed by atoms with Crippen LogP contribution >= 0.6 is 0 Å². The second-order valence-corrected chi connectivity index (χ2v) is 3.01. The van der Waals surface area contributed by atoms with Crippen LogP contribution in [0.2, 0.25) is 0 Å². The maximum Gasteiger partial charge on any atom is 0.404 e. The number of rotatable bonds is 4. The first-order valence-corrected chi connectivity index (χ1v) is 4.45. The van der Waals surface area contributed by atoms with Crippen molar-refractivity contribution in [1.82, 2.24) is 0 Å². The molecule has 0 heterocycles. The fourth-order valence-corrected chi connectivity index (χ4v) is 1.14. The van der Waals surface area contributed by atoms with Gasteiger partial charge in [0, 0.05) is 0 Å². The highest BCUT2D eigenvalue weighted by atomic mass is 16.5. The summed E-state index contributed by atoms with van der Waals surface area (Å²) in [5.41, 5.74) is 11.4. The summed E-state index contributed by atoms with van der Waals surface area (Å²) in [7, 11) is 1.57. The Morgan fingerprint density at radius 1 is 1.53 bits per heavy atom. The molecule has 4 N–H and O–H groups in total. The normalized spacial score (nSPS) is 11.9. The lowest BCUT2D eigenvalue weighted by atomic mass is 10.1. The van der Waals surface area contributed by atoms with Gasteiger partial charge < -0.3 is 20.9 Å². The van der Waals surface area contributed by atoms with Crippen LogP contribution in [0.25, 0.3) is 0 Å². The van der Waals surface area contributed by atoms with Gasteiger partial charge in [-0.15, -0.1) is 0 Å². The predicted molar refractivity (Wildman–Crippen MR) is 55.5 cm³/mol. The third-order valence-corrected chi connectivity index (χ3v) is 1.93. The largest absolute Gasteiger partial charge is 0.497 e. The molecule has 5 nitrogen and oxygen atoms in total. The third kappa shape index (κ3) is 3.47. The summed E-state index contributed by atoms with van der Waals surface area (Å²) in [6, 6.07) is 6.85. The molecule has 1 unspecified atom stereocenters. The van der Waals surface area contributed by atoms with Crippen molar-refractivity contribution in [3.63, 3.8) is 0 Å². The number of methoxy groups -OCH3 is 1. The Bertz CT molecular complexity index is 341. The Morgan fingerprint density at radius 3 is 2.87 bits per heavy atom. The number of carbonyl (C=O) groups is 1. The molecule has 0 aromatic heterocycles. The second kappa shape index (κ2) is 5.21. The molecule has 1 atom stereocenters. The lowest BCUT2D eigenvalue weighted by Crippen LogP contribution is -2.22. The number of ether oxygens (including phenoxy) is 2. The maximum absolute atomic E-state index is 10.4. The average Bonchev–Trinajstić information content (AvgIpc) is 2.26. The van der Waals surface area contributed by atoms with Gasteiger partial charge in [0.05, 0.1) is 13.2 Å². The Morgan fingerprint density at radius 2 is 2.27 bits per heavy atom. The molecular formula is C10H14N2O3. The quantitative estimate of drug-likeness (QED) is 0.769. The third-order valence-electron chi connectivity index (χ3n) is 1.93. The van der Waals surface area contributed by atoms with E-state index in [0.717, 1.165) is 5.56 Å². The highest BCUT2D eigenvalue weighted by molar-refractivity contribution is 5.64. The Labute approximate surface area is 88.0 Å². The van der Waals surface area contributed by atoms with E-state index in [1.165, 1.54) is 0 Å². The number of primary amides is 1. The molecule has 0 saturated heterocycles. The standard InChI is InChI=1S/C10H14N2O3/c1-14-8-4-2-3-7(5-8)9(11)6-15-10(12)13/h2-5,9H,6,11H2,1H3,(H2,12,13). The predicted octanol–water partition coefficient (Wildman–Crippen LogP) is 0.790. The molecule has 0 saturated carbocycles. The van der Waals surface area contributed by atoms with Crippen LogP contribution in [0, 0.1) is 0 Å². The molecule has 0 radical (unpaired) electrons. The Kier molecular flexibility index (Phi) is 3.93. The molecule has 0 spiro atoms. The molecule has 1 aromatic rings. The second-order valence-electron chi connectivity index (χ2n) is 3.01. The molecule has 0 bridgehead atoms. The van der Waals surface area contributed by atoms with E-state index in [-0.39, 0.29) is 6.61 Å². The number of amides is 1. The van der Waals surface area contributed by atoms with Gasteiger partial charge in [0.1, 0.15) is 12.4 Å². The van der Waals surface area contributed by atoms with Crippen LogP contribution in [-0.4, -0.2) is 19.8 Å². The average molecular weight is 210 g/mol. The number of nitrogens with two attached hydrogens (primary N) is 2. The van der Waals surface area contributed by atoms with E-state index in [1.54, 1.807) is 13.2 Å². The number of hydrogen-bond donors (Lipinski definition) is 2. The molecule has 0 aliphatic carbocycles. The maximum atomic E-state index is 10.4. The van der Waals surface area contributed by atoms with Gasteiger partial charge in [-0.25, -0.2) is 4.79 Å². The van der Waals surface area contributed by atoms with Crippen LogP contribution in [0.15, 0.2) is 24.3 Å². The lowest BCUT2D eigenvalue weighted by molar-refractivity contribution is 0.149. The summed E-state index contributed by atoms with van der Waals surface area (Å²) in [6.07, 6.45) is -0.826. The molecule has 0 aliphatic heterocycles. The van der Waals surface area contributed by atoms with E-state index in [9.17, 15) is 4.79 Å². The minimum atomic E-state index is -0.826. The van der Waals surface area contributed by atoms with E-state index in [4.69, 9.17) is 16.2 Å². The first-order chi connectivity index (χ1) is 7.13. The summed E-state index contributed by atoms with van der Waals surface area (Å²) in [4.78, 5) is 10.4. The van der Waals surface area contributed by atoms with Gasteiger partial charge >= 0.3 is 6.09 Å². The van der Waals surface area contributed by atoms with Gasteiger partial charge in [0.2, 0.25) is 0 Å². The summed E-state index contributed by atoms with van der Waals surface area (Å²) < 4.78 is 9.65. The van der Waals surface area contributed by atoms with Gasteiger partial charge in [0.25, 0.3) is 0 Å². The molecule has 0 aliphatic rings. The van der Waals surface area contributed by atoms with E-state index in [0.29, 0.717) is 5.75 Å². The van der Waals surface area contributed by atoms with Gasteiger partial charge in [-0.2, -0.15) is 0 Å². The number of carbonyl (C=O) groups excluding carboxylic acids is 1. The molecule has 1 rings (SSSR count).